The first-order chi connectivity index (χ1) is 13.8. The Hall–Kier alpha value is -3.45. The first-order valence-electron chi connectivity index (χ1n) is 9.10. The van der Waals surface area contributed by atoms with Crippen molar-refractivity contribution in [3.05, 3.63) is 78.1 Å². The van der Waals surface area contributed by atoms with E-state index in [0.717, 1.165) is 17.0 Å². The molecule has 0 spiro atoms. The van der Waals surface area contributed by atoms with Crippen molar-refractivity contribution in [2.24, 2.45) is 0 Å². The molecule has 28 heavy (non-hydrogen) atoms. The van der Waals surface area contributed by atoms with Crippen molar-refractivity contribution in [2.75, 3.05) is 6.54 Å². The van der Waals surface area contributed by atoms with Crippen LogP contribution in [-0.4, -0.2) is 31.6 Å². The topological polar surface area (TPSA) is 89.6 Å². The van der Waals surface area contributed by atoms with E-state index in [9.17, 15) is 0 Å². The fourth-order valence-corrected chi connectivity index (χ4v) is 2.76. The summed E-state index contributed by atoms with van der Waals surface area (Å²) in [5.41, 5.74) is 3.95. The highest BCUT2D eigenvalue weighted by molar-refractivity contribution is 5.55. The fourth-order valence-electron chi connectivity index (χ4n) is 2.76. The van der Waals surface area contributed by atoms with Crippen LogP contribution in [-0.2, 0) is 13.0 Å². The predicted molar refractivity (Wildman–Crippen MR) is 105 cm³/mol. The van der Waals surface area contributed by atoms with Crippen LogP contribution in [0, 0.1) is 6.92 Å². The lowest BCUT2D eigenvalue weighted by molar-refractivity contribution is 0.376. The molecule has 1 N–H and O–H groups in total. The third-order valence-electron chi connectivity index (χ3n) is 4.19. The number of pyridine rings is 1. The minimum Gasteiger partial charge on any atom is -0.339 e. The van der Waals surface area contributed by atoms with Gasteiger partial charge in [0.15, 0.2) is 5.82 Å². The van der Waals surface area contributed by atoms with E-state index in [1.807, 2.05) is 42.7 Å². The Morgan fingerprint density at radius 1 is 0.964 bits per heavy atom. The van der Waals surface area contributed by atoms with E-state index in [4.69, 9.17) is 4.52 Å². The lowest BCUT2D eigenvalue weighted by Gasteiger charge is -2.05. The van der Waals surface area contributed by atoms with E-state index in [0.29, 0.717) is 36.9 Å². The van der Waals surface area contributed by atoms with Gasteiger partial charge in [-0.15, -0.1) is 0 Å². The van der Waals surface area contributed by atoms with Crippen LogP contribution < -0.4 is 5.32 Å². The Labute approximate surface area is 162 Å². The van der Waals surface area contributed by atoms with Gasteiger partial charge in [-0.3, -0.25) is 4.98 Å². The minimum atomic E-state index is 0.510. The maximum absolute atomic E-state index is 5.28. The number of aryl methyl sites for hydroxylation is 1. The molecule has 0 unspecified atom stereocenters. The lowest BCUT2D eigenvalue weighted by Crippen LogP contribution is -2.17. The van der Waals surface area contributed by atoms with Gasteiger partial charge in [0.2, 0.25) is 11.7 Å². The maximum atomic E-state index is 5.28. The summed E-state index contributed by atoms with van der Waals surface area (Å²) < 4.78 is 5.28. The number of benzene rings is 1. The van der Waals surface area contributed by atoms with Gasteiger partial charge in [0.05, 0.1) is 0 Å². The van der Waals surface area contributed by atoms with Crippen LogP contribution in [0.15, 0.2) is 65.6 Å². The quantitative estimate of drug-likeness (QED) is 0.498. The Kier molecular flexibility index (Phi) is 5.44. The highest BCUT2D eigenvalue weighted by Crippen LogP contribution is 2.15. The zero-order valence-corrected chi connectivity index (χ0v) is 15.5. The van der Waals surface area contributed by atoms with Crippen molar-refractivity contribution >= 4 is 0 Å². The van der Waals surface area contributed by atoms with Crippen molar-refractivity contribution in [2.45, 2.75) is 19.9 Å². The maximum Gasteiger partial charge on any atom is 0.228 e. The average molecular weight is 372 g/mol. The zero-order valence-electron chi connectivity index (χ0n) is 15.5. The number of rotatable bonds is 7. The summed E-state index contributed by atoms with van der Waals surface area (Å²) in [5, 5.41) is 7.32. The second kappa shape index (κ2) is 8.49. The van der Waals surface area contributed by atoms with Crippen molar-refractivity contribution < 1.29 is 4.52 Å². The minimum absolute atomic E-state index is 0.510. The number of nitrogens with zero attached hydrogens (tertiary/aromatic N) is 5. The molecule has 0 saturated carbocycles. The molecule has 0 bridgehead atoms. The van der Waals surface area contributed by atoms with Crippen LogP contribution in [0.2, 0.25) is 0 Å². The van der Waals surface area contributed by atoms with E-state index in [1.54, 1.807) is 6.20 Å². The standard InChI is InChI=1S/C21H20N6O/c1-15-5-4-6-17(11-15)20-24-13-16(14-25-20)12-22-10-8-19-26-21(27-28-19)18-7-2-3-9-23-18/h2-7,9,11,13-14,22H,8,10,12H2,1H3. The lowest BCUT2D eigenvalue weighted by atomic mass is 10.1. The Bertz CT molecular complexity index is 1030. The Morgan fingerprint density at radius 2 is 1.86 bits per heavy atom. The molecule has 3 heterocycles. The van der Waals surface area contributed by atoms with Crippen molar-refractivity contribution in [1.29, 1.82) is 0 Å². The molecule has 7 nitrogen and oxygen atoms in total. The van der Waals surface area contributed by atoms with E-state index in [2.05, 4.69) is 49.5 Å². The molecule has 0 fully saturated rings. The van der Waals surface area contributed by atoms with Gasteiger partial charge in [-0.25, -0.2) is 9.97 Å². The van der Waals surface area contributed by atoms with Gasteiger partial charge in [0, 0.05) is 49.2 Å². The van der Waals surface area contributed by atoms with Crippen LogP contribution in [0.1, 0.15) is 17.0 Å². The van der Waals surface area contributed by atoms with Crippen molar-refractivity contribution in [3.8, 4) is 22.9 Å². The number of hydrogen-bond acceptors (Lipinski definition) is 7. The largest absolute Gasteiger partial charge is 0.339 e. The molecular formula is C21H20N6O. The van der Waals surface area contributed by atoms with Gasteiger partial charge in [-0.1, -0.05) is 35.0 Å². The monoisotopic (exact) mass is 372 g/mol. The summed E-state index contributed by atoms with van der Waals surface area (Å²) >= 11 is 0. The van der Waals surface area contributed by atoms with Gasteiger partial charge < -0.3 is 9.84 Å². The molecule has 0 amide bonds. The van der Waals surface area contributed by atoms with Crippen LogP contribution in [0.3, 0.4) is 0 Å². The molecule has 0 saturated heterocycles. The van der Waals surface area contributed by atoms with Gasteiger partial charge in [0.25, 0.3) is 0 Å². The summed E-state index contributed by atoms with van der Waals surface area (Å²) in [6.45, 7) is 3.45. The fraction of sp³-hybridized carbons (Fsp3) is 0.190. The van der Waals surface area contributed by atoms with Crippen LogP contribution in [0.5, 0.6) is 0 Å². The number of hydrogen-bond donors (Lipinski definition) is 1. The van der Waals surface area contributed by atoms with E-state index in [1.165, 1.54) is 5.56 Å². The third kappa shape index (κ3) is 4.44. The van der Waals surface area contributed by atoms with Crippen molar-refractivity contribution in [1.82, 2.24) is 30.4 Å². The molecular weight excluding hydrogens is 352 g/mol. The summed E-state index contributed by atoms with van der Waals surface area (Å²) in [5.74, 6) is 1.83. The molecule has 7 heteroatoms. The average Bonchev–Trinajstić information content (AvgIpc) is 3.21. The molecule has 4 rings (SSSR count). The van der Waals surface area contributed by atoms with Gasteiger partial charge in [0.1, 0.15) is 5.69 Å². The van der Waals surface area contributed by atoms with Crippen LogP contribution >= 0.6 is 0 Å². The summed E-state index contributed by atoms with van der Waals surface area (Å²) in [6.07, 6.45) is 6.05. The first kappa shape index (κ1) is 17.9. The number of nitrogens with one attached hydrogen (secondary N) is 1. The van der Waals surface area contributed by atoms with Gasteiger partial charge >= 0.3 is 0 Å². The molecule has 0 aliphatic heterocycles. The predicted octanol–water partition coefficient (Wildman–Crippen LogP) is 3.23. The smallest absolute Gasteiger partial charge is 0.228 e. The van der Waals surface area contributed by atoms with E-state index >= 15 is 0 Å². The second-order valence-electron chi connectivity index (χ2n) is 6.44. The summed E-state index contributed by atoms with van der Waals surface area (Å²) in [6, 6.07) is 13.8. The zero-order chi connectivity index (χ0) is 19.2. The molecule has 4 aromatic rings. The summed E-state index contributed by atoms with van der Waals surface area (Å²) in [4.78, 5) is 17.5. The SMILES string of the molecule is Cc1cccc(-c2ncc(CNCCc3nc(-c4ccccn4)no3)cn2)c1. The Morgan fingerprint density at radius 3 is 2.64 bits per heavy atom. The van der Waals surface area contributed by atoms with Gasteiger partial charge in [-0.05, 0) is 25.1 Å². The third-order valence-corrected chi connectivity index (χ3v) is 4.19. The molecule has 0 radical (unpaired) electrons. The second-order valence-corrected chi connectivity index (χ2v) is 6.44. The first-order valence-corrected chi connectivity index (χ1v) is 9.10. The van der Waals surface area contributed by atoms with E-state index in [-0.39, 0.29) is 0 Å². The van der Waals surface area contributed by atoms with E-state index < -0.39 is 0 Å². The highest BCUT2D eigenvalue weighted by atomic mass is 16.5. The molecule has 1 aromatic carbocycles. The molecule has 0 aliphatic rings. The summed E-state index contributed by atoms with van der Waals surface area (Å²) in [7, 11) is 0. The normalized spacial score (nSPS) is 10.9. The van der Waals surface area contributed by atoms with Crippen LogP contribution in [0.25, 0.3) is 22.9 Å². The van der Waals surface area contributed by atoms with Gasteiger partial charge in [-0.2, -0.15) is 4.98 Å². The van der Waals surface area contributed by atoms with Crippen LogP contribution in [0.4, 0.5) is 0 Å². The van der Waals surface area contributed by atoms with Crippen molar-refractivity contribution in [3.63, 3.8) is 0 Å². The molecule has 0 atom stereocenters. The molecule has 140 valence electrons. The Balaban J connectivity index is 1.27. The highest BCUT2D eigenvalue weighted by Gasteiger charge is 2.09. The molecule has 0 aliphatic carbocycles. The molecule has 3 aromatic heterocycles. The number of aromatic nitrogens is 5.